The van der Waals surface area contributed by atoms with Crippen LogP contribution in [0.2, 0.25) is 0 Å². The maximum absolute atomic E-state index is 9.69. The lowest BCUT2D eigenvalue weighted by Gasteiger charge is -2.35. The van der Waals surface area contributed by atoms with Crippen molar-refractivity contribution in [2.45, 2.75) is 32.4 Å². The van der Waals surface area contributed by atoms with Gasteiger partial charge >= 0.3 is 0 Å². The Labute approximate surface area is 92.4 Å². The molecule has 1 fully saturated rings. The van der Waals surface area contributed by atoms with Gasteiger partial charge in [-0.1, -0.05) is 6.92 Å². The molecule has 0 aliphatic carbocycles. The molecule has 0 aromatic rings. The summed E-state index contributed by atoms with van der Waals surface area (Å²) in [5, 5.41) is 9.69. The number of nitrogens with zero attached hydrogens (tertiary/aromatic N) is 1. The summed E-state index contributed by atoms with van der Waals surface area (Å²) >= 11 is 0. The quantitative estimate of drug-likeness (QED) is 0.682. The largest absolute Gasteiger partial charge is 0.389 e. The average Bonchev–Trinajstić information content (AvgIpc) is 2.20. The van der Waals surface area contributed by atoms with E-state index < -0.39 is 0 Å². The summed E-state index contributed by atoms with van der Waals surface area (Å²) in [4.78, 5) is 2.28. The lowest BCUT2D eigenvalue weighted by molar-refractivity contribution is 0.0121. The van der Waals surface area contributed by atoms with Gasteiger partial charge in [-0.25, -0.2) is 0 Å². The Hall–Kier alpha value is -0.160. The third-order valence-corrected chi connectivity index (χ3v) is 3.04. The lowest BCUT2D eigenvalue weighted by Crippen LogP contribution is -2.48. The number of rotatable bonds is 5. The second-order valence-corrected chi connectivity index (χ2v) is 4.50. The number of likely N-dealkylation sites (tertiary alicyclic amines) is 1. The summed E-state index contributed by atoms with van der Waals surface area (Å²) in [5.41, 5.74) is 5.94. The molecule has 1 aliphatic heterocycles. The Morgan fingerprint density at radius 3 is 2.93 bits per heavy atom. The molecule has 1 rings (SSSR count). The van der Waals surface area contributed by atoms with Crippen molar-refractivity contribution in [2.75, 3.05) is 32.8 Å². The van der Waals surface area contributed by atoms with Crippen molar-refractivity contribution in [3.8, 4) is 0 Å². The maximum atomic E-state index is 9.69. The Bertz CT molecular complexity index is 178. The van der Waals surface area contributed by atoms with Crippen LogP contribution in [0.15, 0.2) is 0 Å². The molecule has 4 heteroatoms. The zero-order valence-corrected chi connectivity index (χ0v) is 9.85. The molecule has 0 spiro atoms. The van der Waals surface area contributed by atoms with Gasteiger partial charge < -0.3 is 20.5 Å². The average molecular weight is 216 g/mol. The highest BCUT2D eigenvalue weighted by Gasteiger charge is 2.24. The van der Waals surface area contributed by atoms with Gasteiger partial charge in [0.05, 0.1) is 12.7 Å². The van der Waals surface area contributed by atoms with Gasteiger partial charge in [-0.2, -0.15) is 0 Å². The molecule has 0 amide bonds. The fourth-order valence-electron chi connectivity index (χ4n) is 2.02. The van der Waals surface area contributed by atoms with E-state index in [-0.39, 0.29) is 6.10 Å². The van der Waals surface area contributed by atoms with Gasteiger partial charge in [0.15, 0.2) is 0 Å². The second kappa shape index (κ2) is 6.43. The normalized spacial score (nSPS) is 30.4. The molecule has 1 heterocycles. The molecule has 0 bridgehead atoms. The van der Waals surface area contributed by atoms with Crippen LogP contribution >= 0.6 is 0 Å². The van der Waals surface area contributed by atoms with Crippen LogP contribution in [-0.4, -0.2) is 55.0 Å². The van der Waals surface area contributed by atoms with Crippen LogP contribution in [0.4, 0.5) is 0 Å². The molecule has 4 nitrogen and oxygen atoms in total. The number of nitrogens with two attached hydrogens (primary N) is 1. The Kier molecular flexibility index (Phi) is 5.53. The maximum Gasteiger partial charge on any atom is 0.0900 e. The molecule has 15 heavy (non-hydrogen) atoms. The Morgan fingerprint density at radius 1 is 1.60 bits per heavy atom. The van der Waals surface area contributed by atoms with Crippen molar-refractivity contribution >= 4 is 0 Å². The van der Waals surface area contributed by atoms with Crippen molar-refractivity contribution in [3.05, 3.63) is 0 Å². The summed E-state index contributed by atoms with van der Waals surface area (Å²) in [7, 11) is 0. The number of aliphatic hydroxyl groups excluding tert-OH is 1. The van der Waals surface area contributed by atoms with Crippen LogP contribution in [0.25, 0.3) is 0 Å². The zero-order chi connectivity index (χ0) is 11.3. The predicted octanol–water partition coefficient (Wildman–Crippen LogP) is 0.0529. The van der Waals surface area contributed by atoms with E-state index >= 15 is 0 Å². The molecule has 0 aromatic carbocycles. The topological polar surface area (TPSA) is 58.7 Å². The number of hydrogen-bond donors (Lipinski definition) is 2. The monoisotopic (exact) mass is 216 g/mol. The Balaban J connectivity index is 2.21. The molecule has 90 valence electrons. The lowest BCUT2D eigenvalue weighted by atomic mass is 9.95. The van der Waals surface area contributed by atoms with Crippen LogP contribution in [0.1, 0.15) is 20.3 Å². The molecule has 0 radical (unpaired) electrons. The third kappa shape index (κ3) is 4.47. The van der Waals surface area contributed by atoms with E-state index in [1.54, 1.807) is 0 Å². The van der Waals surface area contributed by atoms with Gasteiger partial charge in [-0.15, -0.1) is 0 Å². The molecule has 0 aromatic heterocycles. The van der Waals surface area contributed by atoms with E-state index in [9.17, 15) is 5.11 Å². The number of β-amino-alcohol motifs (C(OH)–C–C–N with tert-alkyl or cyclic N) is 1. The molecule has 3 unspecified atom stereocenters. The SMILES string of the molecule is CCOCC(O)CN1CCC(N)C(C)C1. The highest BCUT2D eigenvalue weighted by molar-refractivity contribution is 4.81. The van der Waals surface area contributed by atoms with E-state index in [0.29, 0.717) is 31.7 Å². The van der Waals surface area contributed by atoms with Gasteiger partial charge in [0.2, 0.25) is 0 Å². The van der Waals surface area contributed by atoms with Crippen LogP contribution in [0, 0.1) is 5.92 Å². The molecule has 0 saturated carbocycles. The van der Waals surface area contributed by atoms with Gasteiger partial charge in [0, 0.05) is 25.7 Å². The molecule has 3 atom stereocenters. The molecule has 1 aliphatic rings. The summed E-state index contributed by atoms with van der Waals surface area (Å²) in [5.74, 6) is 0.526. The zero-order valence-electron chi connectivity index (χ0n) is 9.85. The van der Waals surface area contributed by atoms with Gasteiger partial charge in [0.1, 0.15) is 0 Å². The highest BCUT2D eigenvalue weighted by Crippen LogP contribution is 2.14. The van der Waals surface area contributed by atoms with Crippen molar-refractivity contribution < 1.29 is 9.84 Å². The minimum atomic E-state index is -0.369. The van der Waals surface area contributed by atoms with Crippen LogP contribution in [0.3, 0.4) is 0 Å². The minimum absolute atomic E-state index is 0.324. The molecular formula is C11H24N2O2. The van der Waals surface area contributed by atoms with Crippen LogP contribution in [-0.2, 0) is 4.74 Å². The summed E-state index contributed by atoms with van der Waals surface area (Å²) in [6.45, 7) is 7.91. The van der Waals surface area contributed by atoms with Crippen LogP contribution in [0.5, 0.6) is 0 Å². The first-order valence-corrected chi connectivity index (χ1v) is 5.87. The third-order valence-electron chi connectivity index (χ3n) is 3.04. The molecular weight excluding hydrogens is 192 g/mol. The second-order valence-electron chi connectivity index (χ2n) is 4.50. The standard InChI is InChI=1S/C11H24N2O2/c1-3-15-8-10(14)7-13-5-4-11(12)9(2)6-13/h9-11,14H,3-8,12H2,1-2H3. The van der Waals surface area contributed by atoms with E-state index in [4.69, 9.17) is 10.5 Å². The number of hydrogen-bond acceptors (Lipinski definition) is 4. The summed E-state index contributed by atoms with van der Waals surface area (Å²) in [6, 6.07) is 0.324. The predicted molar refractivity (Wildman–Crippen MR) is 60.7 cm³/mol. The van der Waals surface area contributed by atoms with Crippen molar-refractivity contribution in [3.63, 3.8) is 0 Å². The fraction of sp³-hybridized carbons (Fsp3) is 1.00. The van der Waals surface area contributed by atoms with E-state index in [1.165, 1.54) is 0 Å². The van der Waals surface area contributed by atoms with Gasteiger partial charge in [-0.05, 0) is 25.8 Å². The van der Waals surface area contributed by atoms with Gasteiger partial charge in [-0.3, -0.25) is 0 Å². The first kappa shape index (κ1) is 12.9. The van der Waals surface area contributed by atoms with E-state index in [1.807, 2.05) is 6.92 Å². The molecule has 1 saturated heterocycles. The minimum Gasteiger partial charge on any atom is -0.389 e. The smallest absolute Gasteiger partial charge is 0.0900 e. The summed E-state index contributed by atoms with van der Waals surface area (Å²) in [6.07, 6.45) is 0.661. The molecule has 3 N–H and O–H groups in total. The number of aliphatic hydroxyl groups is 1. The van der Waals surface area contributed by atoms with Crippen molar-refractivity contribution in [1.29, 1.82) is 0 Å². The van der Waals surface area contributed by atoms with Crippen LogP contribution < -0.4 is 5.73 Å². The first-order valence-electron chi connectivity index (χ1n) is 5.87. The first-order chi connectivity index (χ1) is 7.13. The van der Waals surface area contributed by atoms with E-state index in [0.717, 1.165) is 19.5 Å². The van der Waals surface area contributed by atoms with Crippen molar-refractivity contribution in [1.82, 2.24) is 4.90 Å². The highest BCUT2D eigenvalue weighted by atomic mass is 16.5. The van der Waals surface area contributed by atoms with E-state index in [2.05, 4.69) is 11.8 Å². The Morgan fingerprint density at radius 2 is 2.33 bits per heavy atom. The number of ether oxygens (including phenoxy) is 1. The number of piperidine rings is 1. The van der Waals surface area contributed by atoms with Gasteiger partial charge in [0.25, 0.3) is 0 Å². The fourth-order valence-corrected chi connectivity index (χ4v) is 2.02. The summed E-state index contributed by atoms with van der Waals surface area (Å²) < 4.78 is 5.18. The van der Waals surface area contributed by atoms with Crippen molar-refractivity contribution in [2.24, 2.45) is 11.7 Å².